The summed E-state index contributed by atoms with van der Waals surface area (Å²) in [7, 11) is 0. The van der Waals surface area contributed by atoms with Crippen LogP contribution in [0.25, 0.3) is 0 Å². The topological polar surface area (TPSA) is 57.6 Å². The molecule has 0 saturated heterocycles. The second-order valence-electron chi connectivity index (χ2n) is 7.11. The molecule has 4 nitrogen and oxygen atoms in total. The summed E-state index contributed by atoms with van der Waals surface area (Å²) in [4.78, 5) is 26.7. The van der Waals surface area contributed by atoms with Gasteiger partial charge in [-0.05, 0) is 56.1 Å². The molecule has 0 radical (unpaired) electrons. The summed E-state index contributed by atoms with van der Waals surface area (Å²) >= 11 is 0. The minimum absolute atomic E-state index is 0.0389. The largest absolute Gasteiger partial charge is 0.481 e. The van der Waals surface area contributed by atoms with Crippen LogP contribution in [0.2, 0.25) is 0 Å². The molecule has 1 amide bonds. The van der Waals surface area contributed by atoms with Gasteiger partial charge < -0.3 is 10.0 Å². The van der Waals surface area contributed by atoms with Crippen molar-refractivity contribution in [2.24, 2.45) is 23.7 Å². The van der Waals surface area contributed by atoms with Gasteiger partial charge in [-0.3, -0.25) is 9.59 Å². The van der Waals surface area contributed by atoms with Crippen molar-refractivity contribution in [2.45, 2.75) is 38.6 Å². The smallest absolute Gasteiger partial charge is 0.307 e. The molecule has 1 aliphatic heterocycles. The quantitative estimate of drug-likeness (QED) is 0.913. The van der Waals surface area contributed by atoms with Crippen LogP contribution in [0.4, 0.5) is 5.69 Å². The van der Waals surface area contributed by atoms with E-state index in [2.05, 4.69) is 13.0 Å². The third-order valence-corrected chi connectivity index (χ3v) is 5.93. The molecule has 2 bridgehead atoms. The molecular weight excluding hydrogens is 278 g/mol. The monoisotopic (exact) mass is 299 g/mol. The van der Waals surface area contributed by atoms with E-state index >= 15 is 0 Å². The summed E-state index contributed by atoms with van der Waals surface area (Å²) < 4.78 is 0. The lowest BCUT2D eigenvalue weighted by Crippen LogP contribution is -2.46. The molecule has 4 rings (SSSR count). The van der Waals surface area contributed by atoms with Crippen molar-refractivity contribution >= 4 is 17.6 Å². The van der Waals surface area contributed by atoms with E-state index in [0.717, 1.165) is 31.4 Å². The summed E-state index contributed by atoms with van der Waals surface area (Å²) in [5.41, 5.74) is 2.17. The summed E-state index contributed by atoms with van der Waals surface area (Å²) in [5, 5.41) is 9.59. The molecule has 22 heavy (non-hydrogen) atoms. The fraction of sp³-hybridized carbons (Fsp3) is 0.556. The van der Waals surface area contributed by atoms with Crippen LogP contribution in [-0.2, 0) is 16.0 Å². The van der Waals surface area contributed by atoms with Crippen LogP contribution in [0.3, 0.4) is 0 Å². The predicted octanol–water partition coefficient (Wildman–Crippen LogP) is 2.71. The zero-order valence-corrected chi connectivity index (χ0v) is 12.7. The Morgan fingerprint density at radius 1 is 1.14 bits per heavy atom. The van der Waals surface area contributed by atoms with Crippen molar-refractivity contribution in [3.8, 4) is 0 Å². The molecule has 116 valence electrons. The zero-order valence-electron chi connectivity index (χ0n) is 12.7. The third-order valence-electron chi connectivity index (χ3n) is 5.93. The van der Waals surface area contributed by atoms with Gasteiger partial charge >= 0.3 is 5.97 Å². The number of benzene rings is 1. The molecular formula is C18H21NO3. The Balaban J connectivity index is 1.68. The van der Waals surface area contributed by atoms with E-state index in [1.807, 2.05) is 23.1 Å². The van der Waals surface area contributed by atoms with Gasteiger partial charge in [0.15, 0.2) is 0 Å². The van der Waals surface area contributed by atoms with Crippen LogP contribution >= 0.6 is 0 Å². The highest BCUT2D eigenvalue weighted by atomic mass is 16.4. The number of carbonyl (C=O) groups excluding carboxylic acids is 1. The Morgan fingerprint density at radius 2 is 1.82 bits per heavy atom. The van der Waals surface area contributed by atoms with Gasteiger partial charge in [-0.2, -0.15) is 0 Å². The first-order valence-corrected chi connectivity index (χ1v) is 8.21. The van der Waals surface area contributed by atoms with Gasteiger partial charge in [0.1, 0.15) is 0 Å². The van der Waals surface area contributed by atoms with Crippen molar-refractivity contribution in [2.75, 3.05) is 4.90 Å². The van der Waals surface area contributed by atoms with E-state index in [4.69, 9.17) is 0 Å². The lowest BCUT2D eigenvalue weighted by atomic mass is 9.78. The summed E-state index contributed by atoms with van der Waals surface area (Å²) in [6, 6.07) is 8.12. The molecule has 0 aromatic heterocycles. The van der Waals surface area contributed by atoms with Crippen molar-refractivity contribution in [1.82, 2.24) is 0 Å². The number of nitrogens with zero attached hydrogens (tertiary/aromatic N) is 1. The fourth-order valence-corrected chi connectivity index (χ4v) is 5.06. The van der Waals surface area contributed by atoms with E-state index in [0.29, 0.717) is 0 Å². The van der Waals surface area contributed by atoms with Crippen LogP contribution in [-0.4, -0.2) is 23.0 Å². The molecule has 2 saturated carbocycles. The van der Waals surface area contributed by atoms with E-state index in [9.17, 15) is 14.7 Å². The van der Waals surface area contributed by atoms with Crippen LogP contribution in [0.5, 0.6) is 0 Å². The molecule has 1 heterocycles. The third kappa shape index (κ3) is 1.82. The maximum atomic E-state index is 13.2. The SMILES string of the molecule is C[C@H]1Cc2ccccc2N1C(=O)[C@@H]1[C@@H]2CC[C@H](C2)[C@@H]1C(=O)O. The Labute approximate surface area is 130 Å². The van der Waals surface area contributed by atoms with Gasteiger partial charge in [-0.1, -0.05) is 18.2 Å². The van der Waals surface area contributed by atoms with E-state index in [-0.39, 0.29) is 29.7 Å². The number of hydrogen-bond donors (Lipinski definition) is 1. The highest BCUT2D eigenvalue weighted by Gasteiger charge is 2.55. The van der Waals surface area contributed by atoms with Crippen molar-refractivity contribution < 1.29 is 14.7 Å². The van der Waals surface area contributed by atoms with Crippen molar-refractivity contribution in [3.05, 3.63) is 29.8 Å². The molecule has 0 spiro atoms. The molecule has 2 aliphatic carbocycles. The Kier molecular flexibility index (Phi) is 3.03. The average molecular weight is 299 g/mol. The summed E-state index contributed by atoms with van der Waals surface area (Å²) in [5.74, 6) is -1.10. The molecule has 2 fully saturated rings. The lowest BCUT2D eigenvalue weighted by molar-refractivity contribution is -0.149. The van der Waals surface area contributed by atoms with Crippen molar-refractivity contribution in [3.63, 3.8) is 0 Å². The number of amides is 1. The van der Waals surface area contributed by atoms with Gasteiger partial charge in [0.25, 0.3) is 0 Å². The number of carbonyl (C=O) groups is 2. The maximum absolute atomic E-state index is 13.2. The number of rotatable bonds is 2. The first-order valence-electron chi connectivity index (χ1n) is 8.21. The number of aliphatic carboxylic acids is 1. The number of para-hydroxylation sites is 1. The predicted molar refractivity (Wildman–Crippen MR) is 82.5 cm³/mol. The second kappa shape index (κ2) is 4.83. The number of fused-ring (bicyclic) bond motifs is 3. The van der Waals surface area contributed by atoms with Crippen LogP contribution in [0, 0.1) is 23.7 Å². The number of carboxylic acid groups (broad SMARTS) is 1. The minimum Gasteiger partial charge on any atom is -0.481 e. The van der Waals surface area contributed by atoms with Gasteiger partial charge in [0.2, 0.25) is 5.91 Å². The van der Waals surface area contributed by atoms with Crippen LogP contribution in [0.1, 0.15) is 31.7 Å². The summed E-state index contributed by atoms with van der Waals surface area (Å²) in [6.45, 7) is 2.06. The molecule has 1 aromatic carbocycles. The van der Waals surface area contributed by atoms with Gasteiger partial charge in [-0.15, -0.1) is 0 Å². The molecule has 1 N–H and O–H groups in total. The molecule has 5 atom stereocenters. The highest BCUT2D eigenvalue weighted by Crippen LogP contribution is 2.53. The number of carboxylic acids is 1. The van der Waals surface area contributed by atoms with Gasteiger partial charge in [0, 0.05) is 11.7 Å². The van der Waals surface area contributed by atoms with Crippen LogP contribution < -0.4 is 4.90 Å². The average Bonchev–Trinajstić information content (AvgIpc) is 3.17. The molecule has 1 aromatic rings. The van der Waals surface area contributed by atoms with E-state index < -0.39 is 11.9 Å². The lowest BCUT2D eigenvalue weighted by Gasteiger charge is -2.33. The van der Waals surface area contributed by atoms with Crippen LogP contribution in [0.15, 0.2) is 24.3 Å². The normalized spacial score (nSPS) is 35.7. The zero-order chi connectivity index (χ0) is 15.4. The number of anilines is 1. The first kappa shape index (κ1) is 13.8. The van der Waals surface area contributed by atoms with Crippen molar-refractivity contribution in [1.29, 1.82) is 0 Å². The van der Waals surface area contributed by atoms with E-state index in [1.54, 1.807) is 0 Å². The number of hydrogen-bond acceptors (Lipinski definition) is 2. The first-order chi connectivity index (χ1) is 10.6. The highest BCUT2D eigenvalue weighted by molar-refractivity contribution is 6.00. The minimum atomic E-state index is -0.786. The second-order valence-corrected chi connectivity index (χ2v) is 7.11. The van der Waals surface area contributed by atoms with Gasteiger partial charge in [-0.25, -0.2) is 0 Å². The summed E-state index contributed by atoms with van der Waals surface area (Å²) in [6.07, 6.45) is 3.75. The Bertz CT molecular complexity index is 641. The Morgan fingerprint density at radius 3 is 2.55 bits per heavy atom. The molecule has 3 aliphatic rings. The maximum Gasteiger partial charge on any atom is 0.307 e. The van der Waals surface area contributed by atoms with E-state index in [1.165, 1.54) is 5.56 Å². The molecule has 0 unspecified atom stereocenters. The standard InChI is InChI=1S/C18H21NO3/c1-10-8-11-4-2-3-5-14(11)19(10)17(20)15-12-6-7-13(9-12)16(15)18(21)22/h2-5,10,12-13,15-16H,6-9H2,1H3,(H,21,22)/t10-,12+,13+,15+,16-/m0/s1. The Hall–Kier alpha value is -1.84. The van der Waals surface area contributed by atoms with Gasteiger partial charge in [0.05, 0.1) is 11.8 Å². The fourth-order valence-electron chi connectivity index (χ4n) is 5.06. The molecule has 4 heteroatoms.